The molecular weight excluding hydrogens is 421 g/mol. The fourth-order valence-electron chi connectivity index (χ4n) is 3.25. The largest absolute Gasteiger partial charge is 0.473 e. The number of alkyl halides is 4. The minimum absolute atomic E-state index is 0.0442. The molecule has 0 radical (unpaired) electrons. The van der Waals surface area contributed by atoms with Crippen molar-refractivity contribution in [2.24, 2.45) is 5.92 Å². The Kier molecular flexibility index (Phi) is 8.22. The van der Waals surface area contributed by atoms with Gasteiger partial charge in [-0.25, -0.2) is 4.39 Å². The quantitative estimate of drug-likeness (QED) is 0.296. The van der Waals surface area contributed by atoms with Gasteiger partial charge in [0.05, 0.1) is 13.2 Å². The van der Waals surface area contributed by atoms with E-state index < -0.39 is 37.5 Å². The molecule has 1 aromatic rings. The number of ether oxygens (including phenoxy) is 1. The van der Waals surface area contributed by atoms with Crippen molar-refractivity contribution in [3.63, 3.8) is 0 Å². The zero-order valence-electron chi connectivity index (χ0n) is 16.5. The van der Waals surface area contributed by atoms with Crippen LogP contribution in [-0.4, -0.2) is 25.0 Å². The fraction of sp³-hybridized carbons (Fsp3) is 0.684. The lowest BCUT2D eigenvalue weighted by Gasteiger charge is -2.31. The lowest BCUT2D eigenvalue weighted by atomic mass is 9.79. The van der Waals surface area contributed by atoms with Gasteiger partial charge in [-0.05, 0) is 50.2 Å². The molecule has 10 heteroatoms. The van der Waals surface area contributed by atoms with Crippen molar-refractivity contribution in [2.45, 2.75) is 64.1 Å². The van der Waals surface area contributed by atoms with Crippen LogP contribution in [0.15, 0.2) is 12.1 Å². The van der Waals surface area contributed by atoms with Gasteiger partial charge in [-0.15, -0.1) is 0 Å². The molecule has 3 nitrogen and oxygen atoms in total. The summed E-state index contributed by atoms with van der Waals surface area (Å²) in [4.78, 5) is 0. The molecule has 0 amide bonds. The van der Waals surface area contributed by atoms with Crippen molar-refractivity contribution in [1.29, 1.82) is 0 Å². The van der Waals surface area contributed by atoms with E-state index in [0.717, 1.165) is 25.0 Å². The number of hydrogen-bond donors (Lipinski definition) is 0. The zero-order chi connectivity index (χ0) is 21.8. The maximum absolute atomic E-state index is 14.5. The average molecular weight is 446 g/mol. The SMILES string of the molecule is CCOP(OCC)C(F)(F)C(F)(F)Oc1ccc(C2CCC(C)CC2)c(F)c1F. The van der Waals surface area contributed by atoms with Crippen LogP contribution in [0.25, 0.3) is 0 Å². The summed E-state index contributed by atoms with van der Waals surface area (Å²) in [6, 6.07) is 1.88. The van der Waals surface area contributed by atoms with E-state index in [-0.39, 0.29) is 24.7 Å². The Morgan fingerprint density at radius 2 is 1.48 bits per heavy atom. The zero-order valence-corrected chi connectivity index (χ0v) is 17.4. The summed E-state index contributed by atoms with van der Waals surface area (Å²) < 4.78 is 98.9. The number of hydrogen-bond acceptors (Lipinski definition) is 3. The van der Waals surface area contributed by atoms with Gasteiger partial charge in [0.25, 0.3) is 8.38 Å². The van der Waals surface area contributed by atoms with Crippen LogP contribution < -0.4 is 4.74 Å². The Bertz CT molecular complexity index is 674. The van der Waals surface area contributed by atoms with Gasteiger partial charge in [0.2, 0.25) is 5.82 Å². The molecule has 1 fully saturated rings. The van der Waals surface area contributed by atoms with E-state index in [1.165, 1.54) is 13.8 Å². The molecule has 29 heavy (non-hydrogen) atoms. The molecular formula is C19H25F6O3P. The van der Waals surface area contributed by atoms with Crippen molar-refractivity contribution in [3.05, 3.63) is 29.3 Å². The highest BCUT2D eigenvalue weighted by Gasteiger charge is 2.67. The lowest BCUT2D eigenvalue weighted by molar-refractivity contribution is -0.278. The lowest BCUT2D eigenvalue weighted by Crippen LogP contribution is -2.44. The molecule has 1 aliphatic carbocycles. The Labute approximate surface area is 167 Å². The maximum Gasteiger partial charge on any atom is 0.473 e. The molecule has 0 aromatic heterocycles. The van der Waals surface area contributed by atoms with Crippen LogP contribution in [0.1, 0.15) is 57.9 Å². The van der Waals surface area contributed by atoms with E-state index in [2.05, 4.69) is 20.7 Å². The third-order valence-corrected chi connectivity index (χ3v) is 6.55. The van der Waals surface area contributed by atoms with Gasteiger partial charge >= 0.3 is 11.8 Å². The smallest absolute Gasteiger partial charge is 0.424 e. The molecule has 2 rings (SSSR count). The van der Waals surface area contributed by atoms with Crippen LogP contribution in [0.4, 0.5) is 26.3 Å². The molecule has 1 saturated carbocycles. The van der Waals surface area contributed by atoms with Crippen molar-refractivity contribution in [3.8, 4) is 5.75 Å². The van der Waals surface area contributed by atoms with Crippen LogP contribution in [0.3, 0.4) is 0 Å². The number of halogens is 6. The van der Waals surface area contributed by atoms with E-state index in [1.807, 2.05) is 0 Å². The van der Waals surface area contributed by atoms with Gasteiger partial charge in [0, 0.05) is 0 Å². The predicted molar refractivity (Wildman–Crippen MR) is 97.4 cm³/mol. The Balaban J connectivity index is 2.24. The van der Waals surface area contributed by atoms with Crippen LogP contribution in [0.5, 0.6) is 5.75 Å². The van der Waals surface area contributed by atoms with Gasteiger partial charge < -0.3 is 13.8 Å². The average Bonchev–Trinajstić information content (AvgIpc) is 2.66. The first-order chi connectivity index (χ1) is 13.5. The Morgan fingerprint density at radius 1 is 0.931 bits per heavy atom. The predicted octanol–water partition coefficient (Wildman–Crippen LogP) is 7.21. The van der Waals surface area contributed by atoms with Crippen LogP contribution in [0, 0.1) is 17.6 Å². The first kappa shape index (κ1) is 24.2. The molecule has 0 saturated heterocycles. The molecule has 1 aromatic carbocycles. The summed E-state index contributed by atoms with van der Waals surface area (Å²) in [5.41, 5.74) is -4.84. The van der Waals surface area contributed by atoms with Crippen LogP contribution in [0.2, 0.25) is 0 Å². The van der Waals surface area contributed by atoms with E-state index in [0.29, 0.717) is 18.8 Å². The van der Waals surface area contributed by atoms with E-state index in [1.54, 1.807) is 0 Å². The molecule has 0 bridgehead atoms. The summed E-state index contributed by atoms with van der Waals surface area (Å²) in [5.74, 6) is -4.12. The summed E-state index contributed by atoms with van der Waals surface area (Å²) in [6.07, 6.45) is -2.21. The Morgan fingerprint density at radius 3 is 2.00 bits per heavy atom. The van der Waals surface area contributed by atoms with Gasteiger partial charge in [-0.3, -0.25) is 0 Å². The monoisotopic (exact) mass is 446 g/mol. The molecule has 1 aliphatic rings. The number of rotatable bonds is 9. The van der Waals surface area contributed by atoms with E-state index in [4.69, 9.17) is 0 Å². The third kappa shape index (κ3) is 5.36. The first-order valence-corrected chi connectivity index (χ1v) is 10.7. The summed E-state index contributed by atoms with van der Waals surface area (Å²) in [6.45, 7) is 4.14. The van der Waals surface area contributed by atoms with Crippen LogP contribution >= 0.6 is 8.38 Å². The second-order valence-corrected chi connectivity index (χ2v) is 8.58. The van der Waals surface area contributed by atoms with E-state index in [9.17, 15) is 26.3 Å². The van der Waals surface area contributed by atoms with Gasteiger partial charge in [0.1, 0.15) is 0 Å². The summed E-state index contributed by atoms with van der Waals surface area (Å²) in [5, 5.41) is 0. The second kappa shape index (κ2) is 9.84. The maximum atomic E-state index is 14.5. The Hall–Kier alpha value is -1.05. The second-order valence-electron chi connectivity index (χ2n) is 6.99. The first-order valence-electron chi connectivity index (χ1n) is 9.53. The fourth-order valence-corrected chi connectivity index (χ4v) is 4.38. The molecule has 0 heterocycles. The molecule has 0 N–H and O–H groups in total. The minimum atomic E-state index is -5.17. The topological polar surface area (TPSA) is 27.7 Å². The normalized spacial score (nSPS) is 20.9. The molecule has 0 unspecified atom stereocenters. The molecule has 0 atom stereocenters. The van der Waals surface area contributed by atoms with Crippen molar-refractivity contribution < 1.29 is 40.1 Å². The van der Waals surface area contributed by atoms with Gasteiger partial charge in [0.15, 0.2) is 11.6 Å². The molecule has 0 aliphatic heterocycles. The highest BCUT2D eigenvalue weighted by molar-refractivity contribution is 7.48. The van der Waals surface area contributed by atoms with Crippen LogP contribution in [-0.2, 0) is 9.05 Å². The molecule has 0 spiro atoms. The number of benzene rings is 1. The molecule has 166 valence electrons. The third-order valence-electron chi connectivity index (χ3n) is 4.84. The highest BCUT2D eigenvalue weighted by Crippen LogP contribution is 2.60. The van der Waals surface area contributed by atoms with E-state index >= 15 is 0 Å². The highest BCUT2D eigenvalue weighted by atomic mass is 31.2. The van der Waals surface area contributed by atoms with Gasteiger partial charge in [-0.2, -0.15) is 22.0 Å². The van der Waals surface area contributed by atoms with Gasteiger partial charge in [-0.1, -0.05) is 25.8 Å². The minimum Gasteiger partial charge on any atom is -0.424 e. The summed E-state index contributed by atoms with van der Waals surface area (Å²) >= 11 is 0. The van der Waals surface area contributed by atoms with Crippen molar-refractivity contribution in [2.75, 3.05) is 13.2 Å². The van der Waals surface area contributed by atoms with Crippen molar-refractivity contribution >= 4 is 8.38 Å². The van der Waals surface area contributed by atoms with Crippen molar-refractivity contribution in [1.82, 2.24) is 0 Å². The summed E-state index contributed by atoms with van der Waals surface area (Å²) in [7, 11) is -3.35. The standard InChI is InChI=1S/C19H25F6O3P/c1-4-26-29(27-5-2)19(24,25)18(22,23)28-15-11-10-14(16(20)17(15)21)13-8-6-12(3)7-9-13/h10-13H,4-9H2,1-3H3.